The van der Waals surface area contributed by atoms with Crippen molar-refractivity contribution in [1.29, 1.82) is 0 Å². The van der Waals surface area contributed by atoms with Gasteiger partial charge < -0.3 is 5.11 Å². The molecule has 0 aliphatic heterocycles. The van der Waals surface area contributed by atoms with Gasteiger partial charge in [-0.15, -0.1) is 0 Å². The molecule has 0 spiro atoms. The monoisotopic (exact) mass is 514 g/mol. The lowest BCUT2D eigenvalue weighted by Gasteiger charge is -2.36. The fraction of sp³-hybridized carbons (Fsp3) is 0.680. The molecule has 0 fully saturated rings. The van der Waals surface area contributed by atoms with Crippen molar-refractivity contribution in [3.63, 3.8) is 0 Å². The van der Waals surface area contributed by atoms with Gasteiger partial charge in [-0.1, -0.05) is 70.8 Å². The first kappa shape index (κ1) is 29.3. The molecule has 0 amide bonds. The maximum atomic E-state index is 14.7. The average molecular weight is 515 g/mol. The Morgan fingerprint density at radius 2 is 1.66 bits per heavy atom. The SMILES string of the molecule is CCCCCCCCCCCCN(C)S(=O)(=O)[C@H](C)[C@](O)(Cn1cncn1)c1ccc(F)cc1F. The Kier molecular flexibility index (Phi) is 11.7. The van der Waals surface area contributed by atoms with Crippen LogP contribution in [-0.2, 0) is 22.2 Å². The topological polar surface area (TPSA) is 88.3 Å². The third-order valence-electron chi connectivity index (χ3n) is 6.65. The molecule has 1 N–H and O–H groups in total. The van der Waals surface area contributed by atoms with Gasteiger partial charge in [0.25, 0.3) is 0 Å². The van der Waals surface area contributed by atoms with Crippen LogP contribution in [0.25, 0.3) is 0 Å². The van der Waals surface area contributed by atoms with Crippen molar-refractivity contribution in [2.24, 2.45) is 0 Å². The highest BCUT2D eigenvalue weighted by molar-refractivity contribution is 7.89. The molecule has 35 heavy (non-hydrogen) atoms. The highest BCUT2D eigenvalue weighted by atomic mass is 32.2. The summed E-state index contributed by atoms with van der Waals surface area (Å²) in [6.45, 7) is 3.48. The normalized spacial score (nSPS) is 14.8. The third kappa shape index (κ3) is 8.32. The average Bonchev–Trinajstić information content (AvgIpc) is 3.32. The van der Waals surface area contributed by atoms with Crippen molar-refractivity contribution < 1.29 is 22.3 Å². The molecular weight excluding hydrogens is 474 g/mol. The number of benzene rings is 1. The minimum atomic E-state index is -4.02. The first-order valence-electron chi connectivity index (χ1n) is 12.6. The summed E-state index contributed by atoms with van der Waals surface area (Å²) < 4.78 is 57.4. The Morgan fingerprint density at radius 3 is 2.20 bits per heavy atom. The Hall–Kier alpha value is -1.91. The number of hydrogen-bond donors (Lipinski definition) is 1. The van der Waals surface area contributed by atoms with Crippen LogP contribution in [0.3, 0.4) is 0 Å². The van der Waals surface area contributed by atoms with Gasteiger partial charge in [-0.3, -0.25) is 0 Å². The van der Waals surface area contributed by atoms with Gasteiger partial charge >= 0.3 is 0 Å². The number of nitrogens with zero attached hydrogens (tertiary/aromatic N) is 4. The molecular formula is C25H40F2N4O3S. The van der Waals surface area contributed by atoms with Gasteiger partial charge in [0, 0.05) is 25.2 Å². The first-order chi connectivity index (χ1) is 16.6. The Bertz CT molecular complexity index is 989. The molecule has 2 rings (SSSR count). The second-order valence-electron chi connectivity index (χ2n) is 9.33. The molecule has 1 aromatic heterocycles. The Morgan fingerprint density at radius 1 is 1.06 bits per heavy atom. The second kappa shape index (κ2) is 14.0. The summed E-state index contributed by atoms with van der Waals surface area (Å²) in [5, 5.41) is 14.1. The van der Waals surface area contributed by atoms with Crippen LogP contribution in [0, 0.1) is 11.6 Å². The van der Waals surface area contributed by atoms with Crippen LogP contribution in [0.4, 0.5) is 8.78 Å². The van der Waals surface area contributed by atoms with E-state index in [-0.39, 0.29) is 12.1 Å². The summed E-state index contributed by atoms with van der Waals surface area (Å²) in [7, 11) is -2.55. The summed E-state index contributed by atoms with van der Waals surface area (Å²) in [6.07, 6.45) is 13.9. The lowest BCUT2D eigenvalue weighted by Crippen LogP contribution is -2.50. The first-order valence-corrected chi connectivity index (χ1v) is 14.1. The molecule has 0 bridgehead atoms. The third-order valence-corrected chi connectivity index (χ3v) is 8.98. The van der Waals surface area contributed by atoms with Gasteiger partial charge in [0.1, 0.15) is 35.1 Å². The van der Waals surface area contributed by atoms with Gasteiger partial charge in [-0.05, 0) is 19.4 Å². The molecule has 0 saturated heterocycles. The maximum absolute atomic E-state index is 14.7. The molecule has 0 aliphatic rings. The molecule has 198 valence electrons. The van der Waals surface area contributed by atoms with Crippen molar-refractivity contribution in [2.45, 2.75) is 95.5 Å². The lowest BCUT2D eigenvalue weighted by atomic mass is 9.90. The number of unbranched alkanes of at least 4 members (excludes halogenated alkanes) is 9. The van der Waals surface area contributed by atoms with Crippen LogP contribution in [0.15, 0.2) is 30.9 Å². The predicted molar refractivity (Wildman–Crippen MR) is 133 cm³/mol. The van der Waals surface area contributed by atoms with E-state index >= 15 is 0 Å². The van der Waals surface area contributed by atoms with Crippen LogP contribution in [0.5, 0.6) is 0 Å². The van der Waals surface area contributed by atoms with E-state index in [4.69, 9.17) is 0 Å². The van der Waals surface area contributed by atoms with Crippen molar-refractivity contribution in [2.75, 3.05) is 13.6 Å². The molecule has 0 unspecified atom stereocenters. The van der Waals surface area contributed by atoms with Gasteiger partial charge in [-0.2, -0.15) is 5.10 Å². The highest BCUT2D eigenvalue weighted by Crippen LogP contribution is 2.34. The van der Waals surface area contributed by atoms with E-state index in [0.29, 0.717) is 19.0 Å². The van der Waals surface area contributed by atoms with Gasteiger partial charge in [0.05, 0.1) is 6.54 Å². The van der Waals surface area contributed by atoms with Crippen LogP contribution < -0.4 is 0 Å². The van der Waals surface area contributed by atoms with E-state index in [2.05, 4.69) is 17.0 Å². The van der Waals surface area contributed by atoms with Crippen molar-refractivity contribution >= 4 is 10.0 Å². The molecule has 7 nitrogen and oxygen atoms in total. The number of rotatable bonds is 17. The van der Waals surface area contributed by atoms with Crippen LogP contribution >= 0.6 is 0 Å². The Labute approximate surface area is 208 Å². The standard InChI is InChI=1S/C25H40F2N4O3S/c1-4-5-6-7-8-9-10-11-12-13-16-30(3)35(33,34)21(2)25(32,18-31-20-28-19-29-31)23-15-14-22(26)17-24(23)27/h14-15,17,19-21,32H,4-13,16,18H2,1-3H3/t21-,25-/m1/s1. The van der Waals surface area contributed by atoms with E-state index < -0.39 is 32.5 Å². The van der Waals surface area contributed by atoms with E-state index in [1.807, 2.05) is 0 Å². The molecule has 0 aliphatic carbocycles. The van der Waals surface area contributed by atoms with E-state index in [9.17, 15) is 22.3 Å². The number of aromatic nitrogens is 3. The number of aliphatic hydroxyl groups is 1. The minimum Gasteiger partial charge on any atom is -0.382 e. The number of sulfonamides is 1. The molecule has 10 heteroatoms. The molecule has 2 atom stereocenters. The van der Waals surface area contributed by atoms with Gasteiger partial charge in [-0.25, -0.2) is 31.2 Å². The fourth-order valence-corrected chi connectivity index (χ4v) is 5.92. The highest BCUT2D eigenvalue weighted by Gasteiger charge is 2.47. The molecule has 0 radical (unpaired) electrons. The smallest absolute Gasteiger partial charge is 0.219 e. The fourth-order valence-electron chi connectivity index (χ4n) is 4.30. The summed E-state index contributed by atoms with van der Waals surface area (Å²) in [5.41, 5.74) is -2.51. The molecule has 0 saturated carbocycles. The zero-order chi connectivity index (χ0) is 25.9. The molecule has 1 heterocycles. The summed E-state index contributed by atoms with van der Waals surface area (Å²) >= 11 is 0. The maximum Gasteiger partial charge on any atom is 0.219 e. The van der Waals surface area contributed by atoms with Crippen LogP contribution in [0.2, 0.25) is 0 Å². The van der Waals surface area contributed by atoms with Crippen molar-refractivity contribution in [3.8, 4) is 0 Å². The summed E-state index contributed by atoms with van der Waals surface area (Å²) in [6, 6.07) is 2.71. The Balaban J connectivity index is 2.01. The largest absolute Gasteiger partial charge is 0.382 e. The van der Waals surface area contributed by atoms with Crippen molar-refractivity contribution in [3.05, 3.63) is 48.1 Å². The summed E-state index contributed by atoms with van der Waals surface area (Å²) in [5.74, 6) is -1.84. The molecule has 1 aromatic carbocycles. The molecule has 2 aromatic rings. The van der Waals surface area contributed by atoms with Crippen LogP contribution in [-0.4, -0.2) is 51.4 Å². The van der Waals surface area contributed by atoms with E-state index in [0.717, 1.165) is 31.4 Å². The number of hydrogen-bond acceptors (Lipinski definition) is 5. The second-order valence-corrected chi connectivity index (χ2v) is 11.7. The predicted octanol–water partition coefficient (Wildman–Crippen LogP) is 5.02. The van der Waals surface area contributed by atoms with E-state index in [1.165, 1.54) is 74.1 Å². The minimum absolute atomic E-state index is 0.300. The quantitative estimate of drug-likeness (QED) is 0.300. The zero-order valence-electron chi connectivity index (χ0n) is 21.2. The summed E-state index contributed by atoms with van der Waals surface area (Å²) in [4.78, 5) is 3.81. The zero-order valence-corrected chi connectivity index (χ0v) is 22.0. The van der Waals surface area contributed by atoms with E-state index in [1.54, 1.807) is 0 Å². The van der Waals surface area contributed by atoms with Gasteiger partial charge in [0.15, 0.2) is 0 Å². The van der Waals surface area contributed by atoms with Crippen molar-refractivity contribution in [1.82, 2.24) is 19.1 Å². The number of halogens is 2. The van der Waals surface area contributed by atoms with Crippen LogP contribution in [0.1, 0.15) is 83.6 Å². The lowest BCUT2D eigenvalue weighted by molar-refractivity contribution is 0.00975. The van der Waals surface area contributed by atoms with Gasteiger partial charge in [0.2, 0.25) is 10.0 Å².